The van der Waals surface area contributed by atoms with Gasteiger partial charge in [0.15, 0.2) is 0 Å². The van der Waals surface area contributed by atoms with Crippen molar-refractivity contribution in [3.05, 3.63) is 36.0 Å². The monoisotopic (exact) mass is 349 g/mol. The van der Waals surface area contributed by atoms with Crippen LogP contribution in [0.2, 0.25) is 0 Å². The predicted molar refractivity (Wildman–Crippen MR) is 94.1 cm³/mol. The van der Waals surface area contributed by atoms with E-state index in [9.17, 15) is 13.2 Å². The Kier molecular flexibility index (Phi) is 5.20. The van der Waals surface area contributed by atoms with E-state index in [1.165, 1.54) is 6.42 Å². The van der Waals surface area contributed by atoms with Gasteiger partial charge in [0, 0.05) is 30.2 Å². The largest absolute Gasteiger partial charge is 0.361 e. The molecule has 3 rings (SSSR count). The lowest BCUT2D eigenvalue weighted by Crippen LogP contribution is -2.38. The Hall–Kier alpha value is -1.86. The highest BCUT2D eigenvalue weighted by Crippen LogP contribution is 2.25. The van der Waals surface area contributed by atoms with Gasteiger partial charge in [-0.1, -0.05) is 24.6 Å². The van der Waals surface area contributed by atoms with Gasteiger partial charge >= 0.3 is 0 Å². The van der Waals surface area contributed by atoms with Crippen LogP contribution in [-0.4, -0.2) is 38.2 Å². The predicted octanol–water partition coefficient (Wildman–Crippen LogP) is 1.55. The Labute approximate surface area is 142 Å². The topological polar surface area (TPSA) is 91.1 Å². The van der Waals surface area contributed by atoms with Crippen molar-refractivity contribution in [2.75, 3.05) is 18.8 Å². The van der Waals surface area contributed by atoms with Crippen LogP contribution in [0.5, 0.6) is 0 Å². The van der Waals surface area contributed by atoms with Crippen LogP contribution in [0, 0.1) is 5.92 Å². The fourth-order valence-electron chi connectivity index (χ4n) is 2.85. The average Bonchev–Trinajstić information content (AvgIpc) is 2.88. The average molecular weight is 349 g/mol. The molecule has 1 amide bonds. The van der Waals surface area contributed by atoms with Crippen LogP contribution in [-0.2, 0) is 21.2 Å². The molecule has 1 fully saturated rings. The SMILES string of the molecule is O=C(Cc1c[nH]c2ccccc12)NCCS(=O)(=O)NCC1CCC1. The van der Waals surface area contributed by atoms with Gasteiger partial charge < -0.3 is 10.3 Å². The Bertz CT molecular complexity index is 809. The molecule has 0 aliphatic heterocycles. The second-order valence-electron chi connectivity index (χ2n) is 6.35. The zero-order chi connectivity index (χ0) is 17.0. The third-order valence-electron chi connectivity index (χ3n) is 4.54. The van der Waals surface area contributed by atoms with Gasteiger partial charge in [0.2, 0.25) is 15.9 Å². The second kappa shape index (κ2) is 7.36. The number of para-hydroxylation sites is 1. The summed E-state index contributed by atoms with van der Waals surface area (Å²) in [5, 5.41) is 3.70. The minimum atomic E-state index is -3.32. The first-order valence-electron chi connectivity index (χ1n) is 8.32. The molecule has 7 heteroatoms. The number of amides is 1. The summed E-state index contributed by atoms with van der Waals surface area (Å²) in [4.78, 5) is 15.1. The first-order chi connectivity index (χ1) is 11.5. The van der Waals surface area contributed by atoms with Crippen LogP contribution < -0.4 is 10.0 Å². The van der Waals surface area contributed by atoms with Crippen molar-refractivity contribution >= 4 is 26.8 Å². The lowest BCUT2D eigenvalue weighted by molar-refractivity contribution is -0.120. The maximum Gasteiger partial charge on any atom is 0.224 e. The third-order valence-corrected chi connectivity index (χ3v) is 5.88. The van der Waals surface area contributed by atoms with Crippen LogP contribution >= 0.6 is 0 Å². The van der Waals surface area contributed by atoms with Gasteiger partial charge in [0.1, 0.15) is 0 Å². The fourth-order valence-corrected chi connectivity index (χ4v) is 3.86. The summed E-state index contributed by atoms with van der Waals surface area (Å²) in [6, 6.07) is 7.78. The maximum atomic E-state index is 12.0. The van der Waals surface area contributed by atoms with Gasteiger partial charge in [0.05, 0.1) is 12.2 Å². The van der Waals surface area contributed by atoms with Crippen molar-refractivity contribution in [1.29, 1.82) is 0 Å². The summed E-state index contributed by atoms with van der Waals surface area (Å²) in [6.45, 7) is 0.646. The Morgan fingerprint density at radius 1 is 1.25 bits per heavy atom. The zero-order valence-electron chi connectivity index (χ0n) is 13.5. The molecular weight excluding hydrogens is 326 g/mol. The number of rotatable bonds is 8. The van der Waals surface area contributed by atoms with Crippen LogP contribution in [0.15, 0.2) is 30.5 Å². The number of carbonyl (C=O) groups excluding carboxylic acids is 1. The first-order valence-corrected chi connectivity index (χ1v) is 9.98. The number of fused-ring (bicyclic) bond motifs is 1. The summed E-state index contributed by atoms with van der Waals surface area (Å²) in [5.41, 5.74) is 1.90. The third kappa shape index (κ3) is 4.36. The van der Waals surface area contributed by atoms with Crippen molar-refractivity contribution in [2.45, 2.75) is 25.7 Å². The molecule has 1 saturated carbocycles. The second-order valence-corrected chi connectivity index (χ2v) is 8.28. The highest BCUT2D eigenvalue weighted by molar-refractivity contribution is 7.89. The molecule has 1 aliphatic rings. The highest BCUT2D eigenvalue weighted by Gasteiger charge is 2.20. The number of aromatic amines is 1. The van der Waals surface area contributed by atoms with E-state index >= 15 is 0 Å². The Balaban J connectivity index is 1.43. The van der Waals surface area contributed by atoms with E-state index in [4.69, 9.17) is 0 Å². The molecule has 0 bridgehead atoms. The molecule has 1 aromatic heterocycles. The summed E-state index contributed by atoms with van der Waals surface area (Å²) < 4.78 is 26.4. The molecule has 2 aromatic rings. The number of aromatic nitrogens is 1. The fraction of sp³-hybridized carbons (Fsp3) is 0.471. The van der Waals surface area contributed by atoms with Crippen molar-refractivity contribution in [3.8, 4) is 0 Å². The minimum Gasteiger partial charge on any atom is -0.361 e. The molecule has 0 saturated heterocycles. The van der Waals surface area contributed by atoms with Gasteiger partial charge in [0.25, 0.3) is 0 Å². The smallest absolute Gasteiger partial charge is 0.224 e. The van der Waals surface area contributed by atoms with Crippen LogP contribution in [0.4, 0.5) is 0 Å². The number of benzene rings is 1. The Morgan fingerprint density at radius 3 is 2.79 bits per heavy atom. The zero-order valence-corrected chi connectivity index (χ0v) is 14.4. The summed E-state index contributed by atoms with van der Waals surface area (Å²) in [7, 11) is -3.32. The van der Waals surface area contributed by atoms with Crippen LogP contribution in [0.1, 0.15) is 24.8 Å². The van der Waals surface area contributed by atoms with Crippen LogP contribution in [0.25, 0.3) is 10.9 Å². The summed E-state index contributed by atoms with van der Waals surface area (Å²) in [5.74, 6) is 0.226. The van der Waals surface area contributed by atoms with Gasteiger partial charge in [-0.05, 0) is 30.4 Å². The number of H-pyrrole nitrogens is 1. The molecule has 3 N–H and O–H groups in total. The molecule has 1 heterocycles. The van der Waals surface area contributed by atoms with E-state index in [2.05, 4.69) is 15.0 Å². The van der Waals surface area contributed by atoms with Crippen LogP contribution in [0.3, 0.4) is 0 Å². The van der Waals surface area contributed by atoms with Gasteiger partial charge in [-0.15, -0.1) is 0 Å². The molecule has 0 unspecified atom stereocenters. The van der Waals surface area contributed by atoms with Crippen molar-refractivity contribution in [2.24, 2.45) is 5.92 Å². The molecule has 0 radical (unpaired) electrons. The van der Waals surface area contributed by atoms with Crippen molar-refractivity contribution in [1.82, 2.24) is 15.0 Å². The molecule has 1 aromatic carbocycles. The van der Waals surface area contributed by atoms with E-state index in [-0.39, 0.29) is 24.6 Å². The summed E-state index contributed by atoms with van der Waals surface area (Å²) in [6.07, 6.45) is 5.45. The minimum absolute atomic E-state index is 0.0840. The van der Waals surface area contributed by atoms with E-state index < -0.39 is 10.0 Å². The van der Waals surface area contributed by atoms with E-state index in [1.807, 2.05) is 30.5 Å². The summed E-state index contributed by atoms with van der Waals surface area (Å²) >= 11 is 0. The molecule has 0 spiro atoms. The number of hydrogen-bond acceptors (Lipinski definition) is 3. The van der Waals surface area contributed by atoms with Crippen molar-refractivity contribution in [3.63, 3.8) is 0 Å². The number of nitrogens with one attached hydrogen (secondary N) is 3. The molecule has 130 valence electrons. The molecule has 24 heavy (non-hydrogen) atoms. The van der Waals surface area contributed by atoms with Crippen molar-refractivity contribution < 1.29 is 13.2 Å². The molecule has 1 aliphatic carbocycles. The van der Waals surface area contributed by atoms with Gasteiger partial charge in [-0.25, -0.2) is 13.1 Å². The molecule has 0 atom stereocenters. The van der Waals surface area contributed by atoms with E-state index in [0.717, 1.165) is 29.3 Å². The number of carbonyl (C=O) groups is 1. The lowest BCUT2D eigenvalue weighted by atomic mass is 9.86. The Morgan fingerprint density at radius 2 is 2.04 bits per heavy atom. The molecule has 6 nitrogen and oxygen atoms in total. The standard InChI is InChI=1S/C17H23N3O3S/c21-17(10-14-12-19-16-7-2-1-6-15(14)16)18-8-9-24(22,23)20-11-13-4-3-5-13/h1-2,6-7,12-13,19-20H,3-5,8-11H2,(H,18,21). The number of hydrogen-bond donors (Lipinski definition) is 3. The lowest BCUT2D eigenvalue weighted by Gasteiger charge is -2.25. The first kappa shape index (κ1) is 17.0. The van der Waals surface area contributed by atoms with Gasteiger partial charge in [-0.3, -0.25) is 4.79 Å². The van der Waals surface area contributed by atoms with E-state index in [1.54, 1.807) is 0 Å². The maximum absolute atomic E-state index is 12.0. The quantitative estimate of drug-likeness (QED) is 0.675. The molecular formula is C17H23N3O3S. The highest BCUT2D eigenvalue weighted by atomic mass is 32.2. The normalized spacial score (nSPS) is 15.3. The number of sulfonamides is 1. The van der Waals surface area contributed by atoms with Gasteiger partial charge in [-0.2, -0.15) is 0 Å². The van der Waals surface area contributed by atoms with E-state index in [0.29, 0.717) is 12.5 Å².